The molecule has 1 aliphatic rings. The molecule has 1 aromatic carbocycles. The molecule has 0 spiro atoms. The molecule has 1 atom stereocenters. The summed E-state index contributed by atoms with van der Waals surface area (Å²) < 4.78 is 22.3. The Hall–Kier alpha value is -3.06. The monoisotopic (exact) mass is 378 g/mol. The van der Waals surface area contributed by atoms with E-state index < -0.39 is 0 Å². The molecule has 5 rings (SSSR count). The zero-order valence-electron chi connectivity index (χ0n) is 15.4. The van der Waals surface area contributed by atoms with Crippen molar-refractivity contribution in [2.45, 2.75) is 32.4 Å². The lowest BCUT2D eigenvalue weighted by atomic mass is 10.1. The molecule has 0 aliphatic carbocycles. The Labute approximate surface area is 160 Å². The summed E-state index contributed by atoms with van der Waals surface area (Å²) in [6.07, 6.45) is 5.49. The predicted octanol–water partition coefficient (Wildman–Crippen LogP) is 3.34. The highest BCUT2D eigenvalue weighted by Gasteiger charge is 2.19. The van der Waals surface area contributed by atoms with Crippen LogP contribution in [0.25, 0.3) is 27.7 Å². The molecule has 4 aromatic rings. The van der Waals surface area contributed by atoms with Gasteiger partial charge in [0.25, 0.3) is 5.56 Å². The number of halogens is 1. The normalized spacial score (nSPS) is 17.0. The van der Waals surface area contributed by atoms with E-state index in [0.717, 1.165) is 36.3 Å². The average Bonchev–Trinajstić information content (AvgIpc) is 3.32. The van der Waals surface area contributed by atoms with Crippen LogP contribution in [-0.4, -0.2) is 31.9 Å². The maximum atomic E-state index is 13.3. The molecule has 0 amide bonds. The van der Waals surface area contributed by atoms with Gasteiger partial charge in [0.05, 0.1) is 29.2 Å². The largest absolute Gasteiger partial charge is 0.376 e. The SMILES string of the molecule is Cc1nn2c(ncc3c(=O)n(C[C@H]4CCCO4)ccc32)c1-c1ccc(F)cc1. The van der Waals surface area contributed by atoms with E-state index in [1.54, 1.807) is 33.6 Å². The zero-order chi connectivity index (χ0) is 19.3. The number of aromatic nitrogens is 4. The minimum atomic E-state index is -0.289. The number of fused-ring (bicyclic) bond motifs is 3. The molecule has 3 aromatic heterocycles. The first-order valence-corrected chi connectivity index (χ1v) is 9.37. The lowest BCUT2D eigenvalue weighted by Crippen LogP contribution is -2.26. The van der Waals surface area contributed by atoms with Gasteiger partial charge in [-0.1, -0.05) is 12.1 Å². The van der Waals surface area contributed by atoms with Crippen LogP contribution in [0.2, 0.25) is 0 Å². The van der Waals surface area contributed by atoms with E-state index in [9.17, 15) is 9.18 Å². The van der Waals surface area contributed by atoms with Crippen LogP contribution in [0.4, 0.5) is 4.39 Å². The topological polar surface area (TPSA) is 61.4 Å². The van der Waals surface area contributed by atoms with Gasteiger partial charge in [0.1, 0.15) is 5.82 Å². The standard InChI is InChI=1S/C21H19FN4O2/c1-13-19(14-4-6-15(22)7-5-14)20-23-11-17-18(26(20)24-13)8-9-25(21(17)27)12-16-3-2-10-28-16/h4-9,11,16H,2-3,10,12H2,1H3/t16-/m1/s1. The molecule has 0 radical (unpaired) electrons. The first kappa shape index (κ1) is 17.1. The van der Waals surface area contributed by atoms with E-state index in [-0.39, 0.29) is 17.5 Å². The Bertz CT molecular complexity index is 1240. The fourth-order valence-corrected chi connectivity index (χ4v) is 3.92. The van der Waals surface area contributed by atoms with Crippen LogP contribution >= 0.6 is 0 Å². The molecule has 1 fully saturated rings. The summed E-state index contributed by atoms with van der Waals surface area (Å²) in [7, 11) is 0. The van der Waals surface area contributed by atoms with Gasteiger partial charge in [0, 0.05) is 24.6 Å². The molecule has 1 saturated heterocycles. The van der Waals surface area contributed by atoms with Gasteiger partial charge >= 0.3 is 0 Å². The number of hydrogen-bond donors (Lipinski definition) is 0. The first-order valence-electron chi connectivity index (χ1n) is 9.37. The number of ether oxygens (including phenoxy) is 1. The van der Waals surface area contributed by atoms with Crippen molar-refractivity contribution in [3.8, 4) is 11.1 Å². The Morgan fingerprint density at radius 2 is 2.07 bits per heavy atom. The summed E-state index contributed by atoms with van der Waals surface area (Å²) in [4.78, 5) is 17.5. The van der Waals surface area contributed by atoms with Crippen LogP contribution in [0.15, 0.2) is 47.5 Å². The summed E-state index contributed by atoms with van der Waals surface area (Å²) in [5, 5.41) is 5.12. The van der Waals surface area contributed by atoms with Crippen LogP contribution in [0, 0.1) is 12.7 Å². The molecule has 6 nitrogen and oxygen atoms in total. The molecule has 4 heterocycles. The van der Waals surface area contributed by atoms with Crippen molar-refractivity contribution in [2.24, 2.45) is 0 Å². The third kappa shape index (κ3) is 2.70. The molecule has 0 unspecified atom stereocenters. The van der Waals surface area contributed by atoms with E-state index in [4.69, 9.17) is 4.74 Å². The smallest absolute Gasteiger partial charge is 0.261 e. The number of rotatable bonds is 3. The number of aryl methyl sites for hydroxylation is 1. The van der Waals surface area contributed by atoms with Gasteiger partial charge < -0.3 is 9.30 Å². The van der Waals surface area contributed by atoms with Gasteiger partial charge in [0.2, 0.25) is 0 Å². The molecule has 1 aliphatic heterocycles. The van der Waals surface area contributed by atoms with Gasteiger partial charge in [-0.2, -0.15) is 5.10 Å². The van der Waals surface area contributed by atoms with Gasteiger partial charge in [-0.15, -0.1) is 0 Å². The summed E-state index contributed by atoms with van der Waals surface area (Å²) in [6, 6.07) is 8.16. The van der Waals surface area contributed by atoms with Gasteiger partial charge in [0.15, 0.2) is 5.65 Å². The maximum Gasteiger partial charge on any atom is 0.261 e. The Morgan fingerprint density at radius 1 is 1.25 bits per heavy atom. The van der Waals surface area contributed by atoms with E-state index in [0.29, 0.717) is 23.1 Å². The van der Waals surface area contributed by atoms with Crippen LogP contribution in [0.1, 0.15) is 18.5 Å². The number of hydrogen-bond acceptors (Lipinski definition) is 4. The highest BCUT2D eigenvalue weighted by molar-refractivity contribution is 5.86. The predicted molar refractivity (Wildman–Crippen MR) is 104 cm³/mol. The summed E-state index contributed by atoms with van der Waals surface area (Å²) in [6.45, 7) is 3.19. The fourth-order valence-electron chi connectivity index (χ4n) is 3.92. The molecule has 0 N–H and O–H groups in total. The first-order chi connectivity index (χ1) is 13.6. The minimum absolute atomic E-state index is 0.0869. The van der Waals surface area contributed by atoms with E-state index in [1.807, 2.05) is 13.0 Å². The molecule has 0 saturated carbocycles. The van der Waals surface area contributed by atoms with Crippen LogP contribution in [0.3, 0.4) is 0 Å². The molecular formula is C21H19FN4O2. The Morgan fingerprint density at radius 3 is 2.82 bits per heavy atom. The summed E-state index contributed by atoms with van der Waals surface area (Å²) in [5.74, 6) is -0.289. The van der Waals surface area contributed by atoms with E-state index in [1.165, 1.54) is 12.1 Å². The van der Waals surface area contributed by atoms with Crippen molar-refractivity contribution in [3.63, 3.8) is 0 Å². The summed E-state index contributed by atoms with van der Waals surface area (Å²) >= 11 is 0. The van der Waals surface area contributed by atoms with Crippen molar-refractivity contribution in [2.75, 3.05) is 6.61 Å². The minimum Gasteiger partial charge on any atom is -0.376 e. The molecule has 142 valence electrons. The Kier molecular flexibility index (Phi) is 3.98. The second kappa shape index (κ2) is 6.53. The van der Waals surface area contributed by atoms with Crippen LogP contribution < -0.4 is 5.56 Å². The highest BCUT2D eigenvalue weighted by Crippen LogP contribution is 2.28. The molecule has 0 bridgehead atoms. The highest BCUT2D eigenvalue weighted by atomic mass is 19.1. The average molecular weight is 378 g/mol. The van der Waals surface area contributed by atoms with Crippen molar-refractivity contribution in [1.29, 1.82) is 0 Å². The Balaban J connectivity index is 1.66. The van der Waals surface area contributed by atoms with Gasteiger partial charge in [-0.05, 0) is 43.5 Å². The zero-order valence-corrected chi connectivity index (χ0v) is 15.4. The van der Waals surface area contributed by atoms with Crippen LogP contribution in [-0.2, 0) is 11.3 Å². The second-order valence-corrected chi connectivity index (χ2v) is 7.17. The number of nitrogens with zero attached hydrogens (tertiary/aromatic N) is 4. The van der Waals surface area contributed by atoms with Crippen molar-refractivity contribution in [3.05, 3.63) is 64.6 Å². The van der Waals surface area contributed by atoms with E-state index >= 15 is 0 Å². The quantitative estimate of drug-likeness (QED) is 0.549. The van der Waals surface area contributed by atoms with Crippen LogP contribution in [0.5, 0.6) is 0 Å². The third-order valence-electron chi connectivity index (χ3n) is 5.32. The molecule has 7 heteroatoms. The maximum absolute atomic E-state index is 13.3. The lowest BCUT2D eigenvalue weighted by Gasteiger charge is -2.12. The summed E-state index contributed by atoms with van der Waals surface area (Å²) in [5.41, 5.74) is 3.70. The second-order valence-electron chi connectivity index (χ2n) is 7.17. The van der Waals surface area contributed by atoms with Crippen molar-refractivity contribution in [1.82, 2.24) is 19.2 Å². The van der Waals surface area contributed by atoms with Crippen molar-refractivity contribution >= 4 is 16.6 Å². The lowest BCUT2D eigenvalue weighted by molar-refractivity contribution is 0.0963. The number of benzene rings is 1. The van der Waals surface area contributed by atoms with Gasteiger partial charge in [-0.3, -0.25) is 4.79 Å². The third-order valence-corrected chi connectivity index (χ3v) is 5.32. The molecule has 28 heavy (non-hydrogen) atoms. The number of pyridine rings is 1. The van der Waals surface area contributed by atoms with Crippen molar-refractivity contribution < 1.29 is 9.13 Å². The van der Waals surface area contributed by atoms with Gasteiger partial charge in [-0.25, -0.2) is 13.9 Å². The fraction of sp³-hybridized carbons (Fsp3) is 0.286. The molecular weight excluding hydrogens is 359 g/mol. The van der Waals surface area contributed by atoms with E-state index in [2.05, 4.69) is 10.1 Å².